The first kappa shape index (κ1) is 14.2. The quantitative estimate of drug-likeness (QED) is 0.750. The highest BCUT2D eigenvalue weighted by atomic mass is 32.1. The van der Waals surface area contributed by atoms with Gasteiger partial charge >= 0.3 is 5.97 Å². The molecule has 2 unspecified atom stereocenters. The number of ether oxygens (including phenoxy) is 1. The van der Waals surface area contributed by atoms with Crippen molar-refractivity contribution in [3.63, 3.8) is 0 Å². The summed E-state index contributed by atoms with van der Waals surface area (Å²) in [5.74, 6) is -0.783. The van der Waals surface area contributed by atoms with Crippen LogP contribution in [0.1, 0.15) is 30.7 Å². The lowest BCUT2D eigenvalue weighted by atomic mass is 10.1. The molecule has 96 valence electrons. The normalized spacial score (nSPS) is 14.5. The molecule has 5 heteroatoms. The molecule has 0 saturated carbocycles. The van der Waals surface area contributed by atoms with Crippen LogP contribution < -0.4 is 5.32 Å². The molecule has 2 atom stereocenters. The zero-order valence-corrected chi connectivity index (χ0v) is 11.0. The molecule has 0 bridgehead atoms. The SMILES string of the molecule is COCCC(C)NC(CC(=O)O)c1cccs1. The first-order valence-electron chi connectivity index (χ1n) is 5.63. The molecule has 0 fully saturated rings. The van der Waals surface area contributed by atoms with Gasteiger partial charge < -0.3 is 15.2 Å². The van der Waals surface area contributed by atoms with Gasteiger partial charge in [0.25, 0.3) is 0 Å². The predicted octanol–water partition coefficient (Wildman–Crippen LogP) is 2.28. The van der Waals surface area contributed by atoms with Crippen LogP contribution in [0.15, 0.2) is 17.5 Å². The van der Waals surface area contributed by atoms with E-state index in [0.717, 1.165) is 11.3 Å². The van der Waals surface area contributed by atoms with Gasteiger partial charge in [0.1, 0.15) is 0 Å². The highest BCUT2D eigenvalue weighted by molar-refractivity contribution is 7.10. The summed E-state index contributed by atoms with van der Waals surface area (Å²) in [4.78, 5) is 11.9. The Morgan fingerprint density at radius 2 is 2.41 bits per heavy atom. The van der Waals surface area contributed by atoms with E-state index in [-0.39, 0.29) is 18.5 Å². The molecule has 4 nitrogen and oxygen atoms in total. The van der Waals surface area contributed by atoms with Crippen molar-refractivity contribution in [1.82, 2.24) is 5.32 Å². The van der Waals surface area contributed by atoms with Crippen molar-refractivity contribution in [3.8, 4) is 0 Å². The van der Waals surface area contributed by atoms with Gasteiger partial charge in [-0.25, -0.2) is 0 Å². The summed E-state index contributed by atoms with van der Waals surface area (Å²) in [6.07, 6.45) is 0.982. The molecule has 2 N–H and O–H groups in total. The van der Waals surface area contributed by atoms with Gasteiger partial charge in [0.2, 0.25) is 0 Å². The van der Waals surface area contributed by atoms with Crippen LogP contribution in [0.2, 0.25) is 0 Å². The van der Waals surface area contributed by atoms with Gasteiger partial charge in [0.05, 0.1) is 12.5 Å². The van der Waals surface area contributed by atoms with E-state index in [2.05, 4.69) is 5.32 Å². The average molecular weight is 257 g/mol. The Morgan fingerprint density at radius 1 is 1.65 bits per heavy atom. The van der Waals surface area contributed by atoms with Gasteiger partial charge in [0, 0.05) is 24.6 Å². The number of thiophene rings is 1. The van der Waals surface area contributed by atoms with Crippen LogP contribution in [0, 0.1) is 0 Å². The van der Waals surface area contributed by atoms with Crippen molar-refractivity contribution < 1.29 is 14.6 Å². The maximum Gasteiger partial charge on any atom is 0.305 e. The maximum atomic E-state index is 10.8. The minimum absolute atomic E-state index is 0.109. The van der Waals surface area contributed by atoms with E-state index in [9.17, 15) is 4.79 Å². The zero-order chi connectivity index (χ0) is 12.7. The number of aliphatic carboxylic acids is 1. The summed E-state index contributed by atoms with van der Waals surface area (Å²) in [5, 5.41) is 14.2. The van der Waals surface area contributed by atoms with E-state index in [4.69, 9.17) is 9.84 Å². The van der Waals surface area contributed by atoms with E-state index in [0.29, 0.717) is 6.61 Å². The van der Waals surface area contributed by atoms with Crippen molar-refractivity contribution in [2.45, 2.75) is 31.8 Å². The molecule has 1 heterocycles. The molecular formula is C12H19NO3S. The number of hydrogen-bond donors (Lipinski definition) is 2. The van der Waals surface area contributed by atoms with Crippen LogP contribution in [0.5, 0.6) is 0 Å². The molecule has 1 aromatic rings. The lowest BCUT2D eigenvalue weighted by Gasteiger charge is -2.21. The summed E-state index contributed by atoms with van der Waals surface area (Å²) in [5.41, 5.74) is 0. The fourth-order valence-electron chi connectivity index (χ4n) is 1.63. The van der Waals surface area contributed by atoms with Crippen molar-refractivity contribution >= 4 is 17.3 Å². The zero-order valence-electron chi connectivity index (χ0n) is 10.2. The van der Waals surface area contributed by atoms with Crippen molar-refractivity contribution in [3.05, 3.63) is 22.4 Å². The number of nitrogens with one attached hydrogen (secondary N) is 1. The van der Waals surface area contributed by atoms with E-state index in [1.54, 1.807) is 18.4 Å². The van der Waals surface area contributed by atoms with Crippen LogP contribution in [-0.4, -0.2) is 30.8 Å². The summed E-state index contributed by atoms with van der Waals surface area (Å²) in [6, 6.07) is 4.03. The number of methoxy groups -OCH3 is 1. The van der Waals surface area contributed by atoms with Crippen molar-refractivity contribution in [1.29, 1.82) is 0 Å². The third-order valence-corrected chi connectivity index (χ3v) is 3.49. The molecule has 1 aromatic heterocycles. The molecule has 0 amide bonds. The number of carboxylic acid groups (broad SMARTS) is 1. The molecule has 0 aromatic carbocycles. The Balaban J connectivity index is 2.55. The summed E-state index contributed by atoms with van der Waals surface area (Å²) in [6.45, 7) is 2.72. The number of carbonyl (C=O) groups is 1. The largest absolute Gasteiger partial charge is 0.481 e. The minimum atomic E-state index is -0.783. The van der Waals surface area contributed by atoms with E-state index < -0.39 is 5.97 Å². The lowest BCUT2D eigenvalue weighted by Crippen LogP contribution is -2.32. The Labute approximate surface area is 106 Å². The van der Waals surface area contributed by atoms with Gasteiger partial charge in [-0.2, -0.15) is 0 Å². The summed E-state index contributed by atoms with van der Waals surface area (Å²) < 4.78 is 5.01. The third kappa shape index (κ3) is 5.30. The van der Waals surface area contributed by atoms with E-state index in [1.807, 2.05) is 24.4 Å². The monoisotopic (exact) mass is 257 g/mol. The highest BCUT2D eigenvalue weighted by Crippen LogP contribution is 2.22. The molecule has 17 heavy (non-hydrogen) atoms. The van der Waals surface area contributed by atoms with Crippen molar-refractivity contribution in [2.75, 3.05) is 13.7 Å². The van der Waals surface area contributed by atoms with Crippen molar-refractivity contribution in [2.24, 2.45) is 0 Å². The smallest absolute Gasteiger partial charge is 0.305 e. The molecule has 0 spiro atoms. The second-order valence-corrected chi connectivity index (χ2v) is 4.99. The first-order chi connectivity index (χ1) is 8.13. The highest BCUT2D eigenvalue weighted by Gasteiger charge is 2.18. The standard InChI is InChI=1S/C12H19NO3S/c1-9(5-6-16-2)13-10(8-12(14)15)11-4-3-7-17-11/h3-4,7,9-10,13H,5-6,8H2,1-2H3,(H,14,15). The predicted molar refractivity (Wildman–Crippen MR) is 68.4 cm³/mol. The third-order valence-electron chi connectivity index (χ3n) is 2.51. The molecular weight excluding hydrogens is 238 g/mol. The Hall–Kier alpha value is -0.910. The maximum absolute atomic E-state index is 10.8. The molecule has 0 saturated heterocycles. The van der Waals surface area contributed by atoms with Gasteiger partial charge in [-0.3, -0.25) is 4.79 Å². The topological polar surface area (TPSA) is 58.6 Å². The minimum Gasteiger partial charge on any atom is -0.481 e. The van der Waals surface area contributed by atoms with E-state index >= 15 is 0 Å². The van der Waals surface area contributed by atoms with Crippen LogP contribution in [0.4, 0.5) is 0 Å². The Morgan fingerprint density at radius 3 is 2.94 bits per heavy atom. The second kappa shape index (κ2) is 7.42. The van der Waals surface area contributed by atoms with Crippen LogP contribution in [-0.2, 0) is 9.53 Å². The van der Waals surface area contributed by atoms with Gasteiger partial charge in [-0.05, 0) is 24.8 Å². The van der Waals surface area contributed by atoms with Gasteiger partial charge in [-0.1, -0.05) is 6.07 Å². The van der Waals surface area contributed by atoms with Gasteiger partial charge in [-0.15, -0.1) is 11.3 Å². The van der Waals surface area contributed by atoms with E-state index in [1.165, 1.54) is 0 Å². The first-order valence-corrected chi connectivity index (χ1v) is 6.51. The molecule has 0 radical (unpaired) electrons. The van der Waals surface area contributed by atoms with Crippen LogP contribution in [0.3, 0.4) is 0 Å². The average Bonchev–Trinajstić information content (AvgIpc) is 2.78. The molecule has 1 rings (SSSR count). The lowest BCUT2D eigenvalue weighted by molar-refractivity contribution is -0.137. The van der Waals surface area contributed by atoms with Crippen LogP contribution >= 0.6 is 11.3 Å². The number of hydrogen-bond acceptors (Lipinski definition) is 4. The Bertz CT molecular complexity index is 327. The molecule has 0 aliphatic heterocycles. The second-order valence-electron chi connectivity index (χ2n) is 4.02. The van der Waals surface area contributed by atoms with Crippen LogP contribution in [0.25, 0.3) is 0 Å². The summed E-state index contributed by atoms with van der Waals surface area (Å²) in [7, 11) is 1.67. The molecule has 0 aliphatic carbocycles. The number of carboxylic acids is 1. The fourth-order valence-corrected chi connectivity index (χ4v) is 2.41. The number of rotatable bonds is 8. The Kier molecular flexibility index (Phi) is 6.18. The summed E-state index contributed by atoms with van der Waals surface area (Å²) >= 11 is 1.58. The van der Waals surface area contributed by atoms with Gasteiger partial charge in [0.15, 0.2) is 0 Å². The molecule has 0 aliphatic rings. The fraction of sp³-hybridized carbons (Fsp3) is 0.583.